The third kappa shape index (κ3) is 2.24. The molecule has 19 heavy (non-hydrogen) atoms. The molecular formula is C14H20N2O2S. The van der Waals surface area contributed by atoms with Gasteiger partial charge >= 0.3 is 5.97 Å². The number of carboxylic acids is 1. The molecule has 0 radical (unpaired) electrons. The Labute approximate surface area is 117 Å². The van der Waals surface area contributed by atoms with Crippen molar-refractivity contribution in [3.05, 3.63) is 10.6 Å². The molecule has 0 bridgehead atoms. The van der Waals surface area contributed by atoms with Gasteiger partial charge in [0.15, 0.2) is 5.13 Å². The van der Waals surface area contributed by atoms with Crippen molar-refractivity contribution in [1.82, 2.24) is 4.98 Å². The van der Waals surface area contributed by atoms with Crippen LogP contribution >= 0.6 is 11.3 Å². The molecule has 4 atom stereocenters. The van der Waals surface area contributed by atoms with Gasteiger partial charge in [-0.3, -0.25) is 4.79 Å². The Kier molecular flexibility index (Phi) is 3.25. The lowest BCUT2D eigenvalue weighted by molar-refractivity contribution is -0.138. The van der Waals surface area contributed by atoms with E-state index < -0.39 is 5.97 Å². The average molecular weight is 280 g/mol. The molecule has 4 unspecified atom stereocenters. The molecular weight excluding hydrogens is 260 g/mol. The molecule has 5 heteroatoms. The third-order valence-electron chi connectivity index (χ3n) is 4.79. The van der Waals surface area contributed by atoms with Crippen LogP contribution in [0.5, 0.6) is 0 Å². The van der Waals surface area contributed by atoms with Crippen LogP contribution in [0.25, 0.3) is 0 Å². The number of aryl methyl sites for hydroxylation is 1. The summed E-state index contributed by atoms with van der Waals surface area (Å²) in [4.78, 5) is 16.9. The molecule has 0 saturated heterocycles. The van der Waals surface area contributed by atoms with E-state index in [2.05, 4.69) is 24.1 Å². The second-order valence-electron chi connectivity index (χ2n) is 5.92. The van der Waals surface area contributed by atoms with Crippen LogP contribution in [0.15, 0.2) is 0 Å². The van der Waals surface area contributed by atoms with Crippen molar-refractivity contribution in [2.75, 3.05) is 5.32 Å². The summed E-state index contributed by atoms with van der Waals surface area (Å²) < 4.78 is 0. The molecule has 1 aromatic rings. The van der Waals surface area contributed by atoms with Crippen molar-refractivity contribution in [2.45, 2.75) is 51.5 Å². The minimum absolute atomic E-state index is 0.387. The highest BCUT2D eigenvalue weighted by atomic mass is 32.1. The Morgan fingerprint density at radius 2 is 2.16 bits per heavy atom. The molecule has 2 aliphatic rings. The molecule has 1 heterocycles. The smallest absolute Gasteiger partial charge is 0.312 e. The lowest BCUT2D eigenvalue weighted by Gasteiger charge is -2.19. The summed E-state index contributed by atoms with van der Waals surface area (Å²) in [6.45, 7) is 4.59. The van der Waals surface area contributed by atoms with E-state index in [1.54, 1.807) is 11.3 Å². The highest BCUT2D eigenvalue weighted by Crippen LogP contribution is 2.40. The van der Waals surface area contributed by atoms with Gasteiger partial charge in [-0.25, -0.2) is 4.98 Å². The van der Waals surface area contributed by atoms with Crippen LogP contribution in [0.2, 0.25) is 0 Å². The van der Waals surface area contributed by atoms with Crippen LogP contribution in [0.4, 0.5) is 5.13 Å². The number of fused-ring (bicyclic) bond motifs is 1. The van der Waals surface area contributed by atoms with E-state index in [4.69, 9.17) is 0 Å². The van der Waals surface area contributed by atoms with Gasteiger partial charge in [-0.2, -0.15) is 0 Å². The van der Waals surface area contributed by atoms with Crippen molar-refractivity contribution >= 4 is 22.4 Å². The van der Waals surface area contributed by atoms with Crippen molar-refractivity contribution in [3.8, 4) is 0 Å². The van der Waals surface area contributed by atoms with E-state index in [0.29, 0.717) is 18.4 Å². The van der Waals surface area contributed by atoms with Gasteiger partial charge in [0.05, 0.1) is 5.69 Å². The molecule has 0 aliphatic heterocycles. The summed E-state index contributed by atoms with van der Waals surface area (Å²) in [5.74, 6) is 0.297. The zero-order valence-electron chi connectivity index (χ0n) is 11.3. The van der Waals surface area contributed by atoms with Gasteiger partial charge in [-0.1, -0.05) is 13.8 Å². The number of hydrogen-bond acceptors (Lipinski definition) is 4. The van der Waals surface area contributed by atoms with Gasteiger partial charge in [0.2, 0.25) is 0 Å². The Balaban J connectivity index is 1.74. The number of anilines is 1. The average Bonchev–Trinajstić information content (AvgIpc) is 2.98. The van der Waals surface area contributed by atoms with Crippen molar-refractivity contribution in [1.29, 1.82) is 0 Å². The topological polar surface area (TPSA) is 62.2 Å². The number of nitrogens with one attached hydrogen (secondary N) is 1. The predicted octanol–water partition coefficient (Wildman–Crippen LogP) is 3.10. The monoisotopic (exact) mass is 280 g/mol. The van der Waals surface area contributed by atoms with Crippen molar-refractivity contribution < 1.29 is 9.90 Å². The summed E-state index contributed by atoms with van der Waals surface area (Å²) in [5.41, 5.74) is 0.804. The summed E-state index contributed by atoms with van der Waals surface area (Å²) >= 11 is 1.65. The number of nitrogens with zero attached hydrogens (tertiary/aromatic N) is 1. The predicted molar refractivity (Wildman–Crippen MR) is 75.8 cm³/mol. The molecule has 3 rings (SSSR count). The van der Waals surface area contributed by atoms with Crippen molar-refractivity contribution in [3.63, 3.8) is 0 Å². The van der Waals surface area contributed by atoms with E-state index >= 15 is 0 Å². The fourth-order valence-corrected chi connectivity index (χ4v) is 4.36. The molecule has 0 aromatic carbocycles. The summed E-state index contributed by atoms with van der Waals surface area (Å²) in [5, 5.41) is 13.6. The molecule has 1 aromatic heterocycles. The fraction of sp³-hybridized carbons (Fsp3) is 0.714. The first kappa shape index (κ1) is 12.9. The fourth-order valence-electron chi connectivity index (χ4n) is 3.26. The van der Waals surface area contributed by atoms with E-state index in [1.807, 2.05) is 0 Å². The van der Waals surface area contributed by atoms with Crippen molar-refractivity contribution in [2.24, 2.45) is 11.8 Å². The Morgan fingerprint density at radius 1 is 1.37 bits per heavy atom. The number of thiazole rings is 1. The first-order valence-electron chi connectivity index (χ1n) is 7.05. The standard InChI is InChI=1S/C14H20N2O2S/c1-7-3-5-10(8(7)2)15-14-16-12-9(13(17)18)4-6-11(12)19-14/h7-10H,3-6H2,1-2H3,(H,15,16)(H,17,18). The summed E-state index contributed by atoms with van der Waals surface area (Å²) in [7, 11) is 0. The number of hydrogen-bond donors (Lipinski definition) is 2. The normalized spacial score (nSPS) is 33.4. The van der Waals surface area contributed by atoms with E-state index in [1.165, 1.54) is 12.8 Å². The van der Waals surface area contributed by atoms with Crippen LogP contribution in [-0.2, 0) is 11.2 Å². The zero-order valence-corrected chi connectivity index (χ0v) is 12.2. The molecule has 104 valence electrons. The second-order valence-corrected chi connectivity index (χ2v) is 7.01. The number of rotatable bonds is 3. The second kappa shape index (κ2) is 4.78. The van der Waals surface area contributed by atoms with E-state index in [0.717, 1.165) is 28.0 Å². The van der Waals surface area contributed by atoms with E-state index in [-0.39, 0.29) is 5.92 Å². The maximum Gasteiger partial charge on any atom is 0.312 e. The quantitative estimate of drug-likeness (QED) is 0.893. The lowest BCUT2D eigenvalue weighted by Crippen LogP contribution is -2.24. The SMILES string of the molecule is CC1CCC(Nc2nc3c(s2)CCC3C(=O)O)C1C. The van der Waals surface area contributed by atoms with E-state index in [9.17, 15) is 9.90 Å². The summed E-state index contributed by atoms with van der Waals surface area (Å²) in [6.07, 6.45) is 4.03. The van der Waals surface area contributed by atoms with Gasteiger partial charge in [0.1, 0.15) is 5.92 Å². The largest absolute Gasteiger partial charge is 0.481 e. The summed E-state index contributed by atoms with van der Waals surface area (Å²) in [6, 6.07) is 0.490. The van der Waals surface area contributed by atoms with Gasteiger partial charge in [0.25, 0.3) is 0 Å². The Hall–Kier alpha value is -1.10. The van der Waals surface area contributed by atoms with Gasteiger partial charge in [0, 0.05) is 10.9 Å². The van der Waals surface area contributed by atoms with Crippen LogP contribution < -0.4 is 5.32 Å². The van der Waals surface area contributed by atoms with Gasteiger partial charge in [-0.15, -0.1) is 11.3 Å². The molecule has 1 saturated carbocycles. The molecule has 0 spiro atoms. The van der Waals surface area contributed by atoms with Crippen LogP contribution in [0.1, 0.15) is 49.6 Å². The first-order chi connectivity index (χ1) is 9.06. The highest BCUT2D eigenvalue weighted by molar-refractivity contribution is 7.15. The third-order valence-corrected chi connectivity index (χ3v) is 5.85. The Morgan fingerprint density at radius 3 is 2.79 bits per heavy atom. The maximum absolute atomic E-state index is 11.2. The number of aliphatic carboxylic acids is 1. The number of carboxylic acid groups (broad SMARTS) is 1. The molecule has 4 nitrogen and oxygen atoms in total. The lowest BCUT2D eigenvalue weighted by atomic mass is 9.98. The molecule has 2 N–H and O–H groups in total. The van der Waals surface area contributed by atoms with Gasteiger partial charge in [-0.05, 0) is 37.5 Å². The molecule has 1 fully saturated rings. The number of aromatic nitrogens is 1. The Bertz CT molecular complexity index is 500. The minimum Gasteiger partial charge on any atom is -0.481 e. The zero-order chi connectivity index (χ0) is 13.6. The van der Waals surface area contributed by atoms with Crippen LogP contribution in [-0.4, -0.2) is 22.1 Å². The minimum atomic E-state index is -0.738. The number of carbonyl (C=O) groups is 1. The molecule has 0 amide bonds. The van der Waals surface area contributed by atoms with Crippen LogP contribution in [0.3, 0.4) is 0 Å². The highest BCUT2D eigenvalue weighted by Gasteiger charge is 2.34. The maximum atomic E-state index is 11.2. The first-order valence-corrected chi connectivity index (χ1v) is 7.87. The van der Waals surface area contributed by atoms with Crippen LogP contribution in [0, 0.1) is 11.8 Å². The van der Waals surface area contributed by atoms with Gasteiger partial charge < -0.3 is 10.4 Å². The molecule has 2 aliphatic carbocycles.